The lowest BCUT2D eigenvalue weighted by molar-refractivity contribution is 0.102. The third-order valence-corrected chi connectivity index (χ3v) is 4.54. The molecule has 0 aromatic heterocycles. The third kappa shape index (κ3) is 3.55. The Labute approximate surface area is 143 Å². The lowest BCUT2D eigenvalue weighted by atomic mass is 10.2. The maximum absolute atomic E-state index is 12.2. The van der Waals surface area contributed by atoms with Crippen LogP contribution in [0.2, 0.25) is 10.0 Å². The van der Waals surface area contributed by atoms with Gasteiger partial charge in [0.25, 0.3) is 5.91 Å². The van der Waals surface area contributed by atoms with E-state index in [0.29, 0.717) is 21.3 Å². The second-order valence-electron chi connectivity index (χ2n) is 4.16. The van der Waals surface area contributed by atoms with Crippen LogP contribution in [0.15, 0.2) is 39.3 Å². The standard InChI is InChI=1S/C14H9Br2Cl2NO/c1-7-4-10(16)13(6-11(7)17)19-14(20)9-3-2-8(15)5-12(9)18/h2-6H,1H3,(H,19,20). The monoisotopic (exact) mass is 435 g/mol. The zero-order chi connectivity index (χ0) is 14.9. The molecular formula is C14H9Br2Cl2NO. The molecule has 0 radical (unpaired) electrons. The fourth-order valence-electron chi connectivity index (χ4n) is 1.61. The normalized spacial score (nSPS) is 10.4. The van der Waals surface area contributed by atoms with Crippen molar-refractivity contribution in [2.75, 3.05) is 5.32 Å². The Bertz CT molecular complexity index is 689. The molecule has 1 amide bonds. The molecule has 1 N–H and O–H groups in total. The summed E-state index contributed by atoms with van der Waals surface area (Å²) >= 11 is 18.8. The Morgan fingerprint density at radius 2 is 1.80 bits per heavy atom. The highest BCUT2D eigenvalue weighted by molar-refractivity contribution is 9.10. The van der Waals surface area contributed by atoms with Crippen molar-refractivity contribution in [2.45, 2.75) is 6.92 Å². The van der Waals surface area contributed by atoms with Crippen LogP contribution in [0.3, 0.4) is 0 Å². The fraction of sp³-hybridized carbons (Fsp3) is 0.0714. The Kier molecular flexibility index (Phi) is 5.13. The minimum absolute atomic E-state index is 0.289. The zero-order valence-corrected chi connectivity index (χ0v) is 15.0. The van der Waals surface area contributed by atoms with Gasteiger partial charge in [0.1, 0.15) is 0 Å². The Morgan fingerprint density at radius 3 is 2.45 bits per heavy atom. The summed E-state index contributed by atoms with van der Waals surface area (Å²) in [7, 11) is 0. The molecule has 0 aliphatic heterocycles. The number of anilines is 1. The largest absolute Gasteiger partial charge is 0.321 e. The molecular weight excluding hydrogens is 429 g/mol. The van der Waals surface area contributed by atoms with E-state index in [-0.39, 0.29) is 5.91 Å². The number of halogens is 4. The van der Waals surface area contributed by atoms with Gasteiger partial charge in [-0.05, 0) is 58.7 Å². The summed E-state index contributed by atoms with van der Waals surface area (Å²) in [6, 6.07) is 8.64. The second kappa shape index (κ2) is 6.48. The highest BCUT2D eigenvalue weighted by Crippen LogP contribution is 2.30. The summed E-state index contributed by atoms with van der Waals surface area (Å²) in [6.45, 7) is 1.89. The number of nitrogens with one attached hydrogen (secondary N) is 1. The Hall–Kier alpha value is -0.550. The first-order valence-corrected chi connectivity index (χ1v) is 7.94. The summed E-state index contributed by atoms with van der Waals surface area (Å²) in [5, 5.41) is 3.75. The van der Waals surface area contributed by atoms with E-state index < -0.39 is 0 Å². The van der Waals surface area contributed by atoms with E-state index in [1.165, 1.54) is 0 Å². The maximum atomic E-state index is 12.2. The van der Waals surface area contributed by atoms with E-state index in [1.807, 2.05) is 13.0 Å². The van der Waals surface area contributed by atoms with E-state index in [0.717, 1.165) is 14.5 Å². The van der Waals surface area contributed by atoms with Crippen molar-refractivity contribution in [3.05, 3.63) is 60.4 Å². The topological polar surface area (TPSA) is 29.1 Å². The van der Waals surface area contributed by atoms with Gasteiger partial charge < -0.3 is 5.32 Å². The predicted molar refractivity (Wildman–Crippen MR) is 91.0 cm³/mol. The van der Waals surface area contributed by atoms with Crippen LogP contribution >= 0.6 is 55.1 Å². The molecule has 0 saturated carbocycles. The van der Waals surface area contributed by atoms with Crippen LogP contribution in [0.25, 0.3) is 0 Å². The molecule has 0 bridgehead atoms. The molecule has 0 unspecified atom stereocenters. The highest BCUT2D eigenvalue weighted by atomic mass is 79.9. The van der Waals surface area contributed by atoms with Gasteiger partial charge >= 0.3 is 0 Å². The molecule has 0 spiro atoms. The van der Waals surface area contributed by atoms with Crippen LogP contribution in [-0.2, 0) is 0 Å². The minimum Gasteiger partial charge on any atom is -0.321 e. The number of carbonyl (C=O) groups is 1. The molecule has 2 nitrogen and oxygen atoms in total. The number of hydrogen-bond acceptors (Lipinski definition) is 1. The first kappa shape index (κ1) is 15.8. The van der Waals surface area contributed by atoms with Gasteiger partial charge in [0.15, 0.2) is 0 Å². The molecule has 0 saturated heterocycles. The van der Waals surface area contributed by atoms with Crippen LogP contribution in [0.4, 0.5) is 5.69 Å². The number of rotatable bonds is 2. The van der Waals surface area contributed by atoms with Gasteiger partial charge in [0.05, 0.1) is 16.3 Å². The number of benzene rings is 2. The van der Waals surface area contributed by atoms with Crippen molar-refractivity contribution in [3.8, 4) is 0 Å². The summed E-state index contributed by atoms with van der Waals surface area (Å²) in [6.07, 6.45) is 0. The van der Waals surface area contributed by atoms with Gasteiger partial charge in [-0.1, -0.05) is 39.1 Å². The Balaban J connectivity index is 2.30. The van der Waals surface area contributed by atoms with Gasteiger partial charge in [-0.15, -0.1) is 0 Å². The van der Waals surface area contributed by atoms with Crippen molar-refractivity contribution in [1.82, 2.24) is 0 Å². The number of hydrogen-bond donors (Lipinski definition) is 1. The van der Waals surface area contributed by atoms with Crippen LogP contribution in [0.1, 0.15) is 15.9 Å². The SMILES string of the molecule is Cc1cc(Br)c(NC(=O)c2ccc(Br)cc2Cl)cc1Cl. The highest BCUT2D eigenvalue weighted by Gasteiger charge is 2.13. The summed E-state index contributed by atoms with van der Waals surface area (Å²) in [5.74, 6) is -0.289. The van der Waals surface area contributed by atoms with E-state index >= 15 is 0 Å². The molecule has 0 atom stereocenters. The van der Waals surface area contributed by atoms with Crippen molar-refractivity contribution in [3.63, 3.8) is 0 Å². The Morgan fingerprint density at radius 1 is 1.10 bits per heavy atom. The third-order valence-electron chi connectivity index (χ3n) is 2.67. The van der Waals surface area contributed by atoms with E-state index in [2.05, 4.69) is 37.2 Å². The lowest BCUT2D eigenvalue weighted by Gasteiger charge is -2.10. The molecule has 2 aromatic carbocycles. The molecule has 2 rings (SSSR count). The molecule has 6 heteroatoms. The predicted octanol–water partition coefficient (Wildman–Crippen LogP) is 6.08. The van der Waals surface area contributed by atoms with Gasteiger partial charge in [-0.2, -0.15) is 0 Å². The van der Waals surface area contributed by atoms with Crippen LogP contribution in [0.5, 0.6) is 0 Å². The van der Waals surface area contributed by atoms with Crippen LogP contribution < -0.4 is 5.32 Å². The quantitative estimate of drug-likeness (QED) is 0.606. The van der Waals surface area contributed by atoms with Gasteiger partial charge in [0, 0.05) is 14.0 Å². The summed E-state index contributed by atoms with van der Waals surface area (Å²) < 4.78 is 1.58. The minimum atomic E-state index is -0.289. The van der Waals surface area contributed by atoms with Gasteiger partial charge in [-0.3, -0.25) is 4.79 Å². The second-order valence-corrected chi connectivity index (χ2v) is 6.74. The van der Waals surface area contributed by atoms with Crippen molar-refractivity contribution >= 4 is 66.7 Å². The van der Waals surface area contributed by atoms with Gasteiger partial charge in [0.2, 0.25) is 0 Å². The van der Waals surface area contributed by atoms with Crippen LogP contribution in [-0.4, -0.2) is 5.91 Å². The number of aryl methyl sites for hydroxylation is 1. The summed E-state index contributed by atoms with van der Waals surface area (Å²) in [4.78, 5) is 12.2. The molecule has 0 heterocycles. The maximum Gasteiger partial charge on any atom is 0.257 e. The molecule has 2 aromatic rings. The van der Waals surface area contributed by atoms with E-state index in [9.17, 15) is 4.79 Å². The average molecular weight is 438 g/mol. The van der Waals surface area contributed by atoms with E-state index in [1.54, 1.807) is 24.3 Å². The first-order chi connectivity index (χ1) is 9.38. The first-order valence-electron chi connectivity index (χ1n) is 5.60. The van der Waals surface area contributed by atoms with Crippen LogP contribution in [0, 0.1) is 6.92 Å². The van der Waals surface area contributed by atoms with Crippen molar-refractivity contribution < 1.29 is 4.79 Å². The lowest BCUT2D eigenvalue weighted by Crippen LogP contribution is -2.13. The van der Waals surface area contributed by atoms with Gasteiger partial charge in [-0.25, -0.2) is 0 Å². The van der Waals surface area contributed by atoms with Crippen molar-refractivity contribution in [2.24, 2.45) is 0 Å². The number of carbonyl (C=O) groups excluding carboxylic acids is 1. The molecule has 0 fully saturated rings. The molecule has 104 valence electrons. The molecule has 20 heavy (non-hydrogen) atoms. The average Bonchev–Trinajstić information content (AvgIpc) is 2.35. The van der Waals surface area contributed by atoms with Crippen molar-refractivity contribution in [1.29, 1.82) is 0 Å². The fourth-order valence-corrected chi connectivity index (χ4v) is 3.09. The molecule has 0 aliphatic rings. The molecule has 0 aliphatic carbocycles. The number of amides is 1. The zero-order valence-electron chi connectivity index (χ0n) is 10.3. The van der Waals surface area contributed by atoms with E-state index in [4.69, 9.17) is 23.2 Å². The smallest absolute Gasteiger partial charge is 0.257 e. The summed E-state index contributed by atoms with van der Waals surface area (Å²) in [5.41, 5.74) is 1.93.